The molecule has 1 aromatic carbocycles. The molecule has 0 unspecified atom stereocenters. The Kier molecular flexibility index (Phi) is 5.17. The number of ether oxygens (including phenoxy) is 1. The highest BCUT2D eigenvalue weighted by atomic mass is 35.5. The Bertz CT molecular complexity index is 476. The van der Waals surface area contributed by atoms with Crippen LogP contribution in [0.4, 0.5) is 4.39 Å². The van der Waals surface area contributed by atoms with Crippen LogP contribution in [0.25, 0.3) is 0 Å². The standard InChI is InChI=1S/C16H20ClFO2/c1-2-20-16(8-4-3-5-9-16)15(19)10-12-6-7-13(18)11-14(12)17/h6-7,11H,2-5,8-10H2,1H3. The summed E-state index contributed by atoms with van der Waals surface area (Å²) in [6, 6.07) is 4.17. The zero-order valence-corrected chi connectivity index (χ0v) is 12.5. The van der Waals surface area contributed by atoms with E-state index in [9.17, 15) is 9.18 Å². The van der Waals surface area contributed by atoms with Crippen molar-refractivity contribution in [1.29, 1.82) is 0 Å². The van der Waals surface area contributed by atoms with E-state index in [2.05, 4.69) is 0 Å². The number of Topliss-reactive ketones (excluding diaryl/α,β-unsaturated/α-hetero) is 1. The summed E-state index contributed by atoms with van der Waals surface area (Å²) in [5, 5.41) is 0.306. The van der Waals surface area contributed by atoms with Gasteiger partial charge in [0, 0.05) is 18.1 Å². The van der Waals surface area contributed by atoms with E-state index in [4.69, 9.17) is 16.3 Å². The van der Waals surface area contributed by atoms with Gasteiger partial charge in [0.2, 0.25) is 0 Å². The molecule has 2 rings (SSSR count). The van der Waals surface area contributed by atoms with Crippen LogP contribution in [0.5, 0.6) is 0 Å². The van der Waals surface area contributed by atoms with Gasteiger partial charge in [0.1, 0.15) is 11.4 Å². The van der Waals surface area contributed by atoms with Crippen molar-refractivity contribution in [3.63, 3.8) is 0 Å². The SMILES string of the molecule is CCOC1(C(=O)Cc2ccc(F)cc2Cl)CCCCC1. The van der Waals surface area contributed by atoms with Gasteiger partial charge in [-0.15, -0.1) is 0 Å². The number of ketones is 1. The van der Waals surface area contributed by atoms with Gasteiger partial charge in [0.15, 0.2) is 5.78 Å². The molecule has 0 bridgehead atoms. The van der Waals surface area contributed by atoms with Crippen LogP contribution in [0.3, 0.4) is 0 Å². The third-order valence-corrected chi connectivity index (χ3v) is 4.31. The molecule has 4 heteroatoms. The monoisotopic (exact) mass is 298 g/mol. The Morgan fingerprint density at radius 3 is 2.65 bits per heavy atom. The first kappa shape index (κ1) is 15.5. The van der Waals surface area contributed by atoms with Crippen molar-refractivity contribution in [3.05, 3.63) is 34.6 Å². The van der Waals surface area contributed by atoms with Gasteiger partial charge in [0.05, 0.1) is 0 Å². The zero-order valence-electron chi connectivity index (χ0n) is 11.8. The van der Waals surface area contributed by atoms with Gasteiger partial charge in [0.25, 0.3) is 0 Å². The summed E-state index contributed by atoms with van der Waals surface area (Å²) in [7, 11) is 0. The Balaban J connectivity index is 2.15. The predicted molar refractivity (Wildman–Crippen MR) is 77.6 cm³/mol. The van der Waals surface area contributed by atoms with Crippen LogP contribution < -0.4 is 0 Å². The molecule has 0 aromatic heterocycles. The minimum absolute atomic E-state index is 0.0626. The van der Waals surface area contributed by atoms with E-state index in [1.165, 1.54) is 12.1 Å². The molecule has 2 nitrogen and oxygen atoms in total. The lowest BCUT2D eigenvalue weighted by Crippen LogP contribution is -2.44. The Morgan fingerprint density at radius 1 is 1.35 bits per heavy atom. The van der Waals surface area contributed by atoms with Gasteiger partial charge in [-0.1, -0.05) is 36.9 Å². The quantitative estimate of drug-likeness (QED) is 0.809. The van der Waals surface area contributed by atoms with Crippen molar-refractivity contribution in [1.82, 2.24) is 0 Å². The smallest absolute Gasteiger partial charge is 0.169 e. The van der Waals surface area contributed by atoms with Gasteiger partial charge in [-0.2, -0.15) is 0 Å². The number of rotatable bonds is 5. The molecular weight excluding hydrogens is 279 g/mol. The Labute approximate surface area is 124 Å². The molecule has 0 amide bonds. The number of benzene rings is 1. The Hall–Kier alpha value is -0.930. The normalized spacial score (nSPS) is 17.9. The lowest BCUT2D eigenvalue weighted by atomic mass is 9.79. The largest absolute Gasteiger partial charge is 0.367 e. The van der Waals surface area contributed by atoms with Crippen LogP contribution in [-0.4, -0.2) is 18.0 Å². The van der Waals surface area contributed by atoms with E-state index in [0.717, 1.165) is 32.1 Å². The second-order valence-corrected chi connectivity index (χ2v) is 5.73. The third-order valence-electron chi connectivity index (χ3n) is 3.96. The van der Waals surface area contributed by atoms with Crippen molar-refractivity contribution < 1.29 is 13.9 Å². The molecule has 0 aliphatic heterocycles. The molecule has 0 N–H and O–H groups in total. The van der Waals surface area contributed by atoms with Crippen molar-refractivity contribution in [2.24, 2.45) is 0 Å². The predicted octanol–water partition coefficient (Wildman–Crippen LogP) is 4.33. The van der Waals surface area contributed by atoms with E-state index < -0.39 is 5.60 Å². The van der Waals surface area contributed by atoms with Crippen molar-refractivity contribution in [2.75, 3.05) is 6.61 Å². The number of hydrogen-bond acceptors (Lipinski definition) is 2. The fraction of sp³-hybridized carbons (Fsp3) is 0.562. The highest BCUT2D eigenvalue weighted by Crippen LogP contribution is 2.34. The summed E-state index contributed by atoms with van der Waals surface area (Å²) in [5.41, 5.74) is 0.00719. The van der Waals surface area contributed by atoms with E-state index >= 15 is 0 Å². The van der Waals surface area contributed by atoms with E-state index in [-0.39, 0.29) is 18.0 Å². The van der Waals surface area contributed by atoms with E-state index in [0.29, 0.717) is 17.2 Å². The molecule has 110 valence electrons. The van der Waals surface area contributed by atoms with Gasteiger partial charge < -0.3 is 4.74 Å². The van der Waals surface area contributed by atoms with Gasteiger partial charge in [-0.05, 0) is 37.5 Å². The number of carbonyl (C=O) groups is 1. The lowest BCUT2D eigenvalue weighted by molar-refractivity contribution is -0.148. The molecule has 1 aliphatic carbocycles. The summed E-state index contributed by atoms with van der Waals surface area (Å²) in [6.07, 6.45) is 4.95. The summed E-state index contributed by atoms with van der Waals surface area (Å²) in [6.45, 7) is 2.44. The average Bonchev–Trinajstić information content (AvgIpc) is 2.43. The van der Waals surface area contributed by atoms with Crippen molar-refractivity contribution in [3.8, 4) is 0 Å². The molecule has 0 atom stereocenters. The van der Waals surface area contributed by atoms with Gasteiger partial charge >= 0.3 is 0 Å². The Morgan fingerprint density at radius 2 is 2.05 bits per heavy atom. The second-order valence-electron chi connectivity index (χ2n) is 5.32. The van der Waals surface area contributed by atoms with E-state index in [1.54, 1.807) is 6.07 Å². The molecule has 1 fully saturated rings. The molecule has 1 aromatic rings. The lowest BCUT2D eigenvalue weighted by Gasteiger charge is -2.35. The van der Waals surface area contributed by atoms with E-state index in [1.807, 2.05) is 6.92 Å². The summed E-state index contributed by atoms with van der Waals surface area (Å²) < 4.78 is 18.8. The van der Waals surface area contributed by atoms with Crippen LogP contribution in [0.15, 0.2) is 18.2 Å². The number of hydrogen-bond donors (Lipinski definition) is 0. The van der Waals surface area contributed by atoms with Crippen molar-refractivity contribution >= 4 is 17.4 Å². The molecule has 0 saturated heterocycles. The maximum Gasteiger partial charge on any atom is 0.169 e. The average molecular weight is 299 g/mol. The first-order valence-corrected chi connectivity index (χ1v) is 7.56. The third kappa shape index (κ3) is 3.39. The van der Waals surface area contributed by atoms with Crippen LogP contribution >= 0.6 is 11.6 Å². The first-order chi connectivity index (χ1) is 9.57. The first-order valence-electron chi connectivity index (χ1n) is 7.18. The summed E-state index contributed by atoms with van der Waals surface area (Å²) in [4.78, 5) is 12.6. The maximum absolute atomic E-state index is 13.0. The molecule has 1 saturated carbocycles. The minimum atomic E-state index is -0.662. The molecule has 0 radical (unpaired) electrons. The van der Waals surface area contributed by atoms with Gasteiger partial charge in [-0.25, -0.2) is 4.39 Å². The topological polar surface area (TPSA) is 26.3 Å². The van der Waals surface area contributed by atoms with Crippen LogP contribution in [-0.2, 0) is 16.0 Å². The summed E-state index contributed by atoms with van der Waals surface area (Å²) in [5.74, 6) is -0.323. The number of halogens is 2. The van der Waals surface area contributed by atoms with Crippen LogP contribution in [0.1, 0.15) is 44.6 Å². The highest BCUT2D eigenvalue weighted by Gasteiger charge is 2.39. The summed E-state index contributed by atoms with van der Waals surface area (Å²) >= 11 is 6.00. The minimum Gasteiger partial charge on any atom is -0.367 e. The highest BCUT2D eigenvalue weighted by molar-refractivity contribution is 6.31. The number of carbonyl (C=O) groups excluding carboxylic acids is 1. The van der Waals surface area contributed by atoms with Crippen LogP contribution in [0, 0.1) is 5.82 Å². The van der Waals surface area contributed by atoms with Crippen LogP contribution in [0.2, 0.25) is 5.02 Å². The maximum atomic E-state index is 13.0. The molecule has 20 heavy (non-hydrogen) atoms. The molecule has 0 heterocycles. The molecule has 1 aliphatic rings. The molecule has 0 spiro atoms. The fourth-order valence-corrected chi connectivity index (χ4v) is 3.14. The van der Waals surface area contributed by atoms with Crippen molar-refractivity contribution in [2.45, 2.75) is 51.0 Å². The fourth-order valence-electron chi connectivity index (χ4n) is 2.90. The molecular formula is C16H20ClFO2. The second kappa shape index (κ2) is 6.68. The van der Waals surface area contributed by atoms with Gasteiger partial charge in [-0.3, -0.25) is 4.79 Å². The zero-order chi connectivity index (χ0) is 14.6.